The molecule has 0 aliphatic carbocycles. The molecule has 0 aromatic heterocycles. The predicted molar refractivity (Wildman–Crippen MR) is 177 cm³/mol. The highest BCUT2D eigenvalue weighted by atomic mass is 32.2. The second kappa shape index (κ2) is 21.0. The molecule has 19 nitrogen and oxygen atoms in total. The summed E-state index contributed by atoms with van der Waals surface area (Å²) in [6, 6.07) is 11.0. The van der Waals surface area contributed by atoms with Crippen molar-refractivity contribution in [3.05, 3.63) is 65.7 Å². The number of nitrogens with one attached hydrogen (secondary N) is 2. The van der Waals surface area contributed by atoms with E-state index in [2.05, 4.69) is 14.8 Å². The average molecular weight is 777 g/mol. The normalized spacial score (nSPS) is 13.8. The third-order valence-electron chi connectivity index (χ3n) is 6.56. The lowest BCUT2D eigenvalue weighted by Crippen LogP contribution is -2.50. The smallest absolute Gasteiger partial charge is 0.408 e. The van der Waals surface area contributed by atoms with E-state index in [0.29, 0.717) is 11.1 Å². The van der Waals surface area contributed by atoms with Gasteiger partial charge in [-0.1, -0.05) is 42.5 Å². The van der Waals surface area contributed by atoms with Gasteiger partial charge in [-0.2, -0.15) is 21.7 Å². The molecule has 2 aromatic rings. The number of carbonyl (C=O) groups excluding carboxylic acids is 5. The number of amides is 2. The van der Waals surface area contributed by atoms with Gasteiger partial charge in [0.15, 0.2) is 6.04 Å². The third kappa shape index (κ3) is 16.6. The number of benzene rings is 2. The van der Waals surface area contributed by atoms with Crippen molar-refractivity contribution in [3.8, 4) is 5.75 Å². The summed E-state index contributed by atoms with van der Waals surface area (Å²) in [4.78, 5) is 72.7. The van der Waals surface area contributed by atoms with Gasteiger partial charge in [0.25, 0.3) is 20.2 Å². The number of ether oxygens (including phenoxy) is 4. The Kier molecular flexibility index (Phi) is 17.6. The van der Waals surface area contributed by atoms with Crippen LogP contribution in [-0.4, -0.2) is 95.0 Å². The molecule has 4 unspecified atom stereocenters. The van der Waals surface area contributed by atoms with Gasteiger partial charge in [0.2, 0.25) is 12.2 Å². The fraction of sp³-hybridized carbons (Fsp3) is 0.452. The van der Waals surface area contributed by atoms with Crippen LogP contribution < -0.4 is 15.4 Å². The first-order valence-corrected chi connectivity index (χ1v) is 18.6. The highest BCUT2D eigenvalue weighted by molar-refractivity contribution is 7.86. The van der Waals surface area contributed by atoms with Gasteiger partial charge in [-0.15, -0.1) is 0 Å². The monoisotopic (exact) mass is 776 g/mol. The van der Waals surface area contributed by atoms with Crippen LogP contribution in [0.25, 0.3) is 0 Å². The summed E-state index contributed by atoms with van der Waals surface area (Å²) in [5.74, 6) is -5.45. The van der Waals surface area contributed by atoms with Gasteiger partial charge in [0.1, 0.15) is 24.5 Å². The molecule has 0 aliphatic rings. The zero-order valence-corrected chi connectivity index (χ0v) is 30.2. The lowest BCUT2D eigenvalue weighted by atomic mass is 10.1. The number of hydrogen-bond donors (Lipinski definition) is 3. The zero-order chi connectivity index (χ0) is 38.9. The number of rotatable bonds is 21. The van der Waals surface area contributed by atoms with E-state index in [0.717, 1.165) is 7.11 Å². The van der Waals surface area contributed by atoms with Crippen molar-refractivity contribution in [2.24, 2.45) is 0 Å². The van der Waals surface area contributed by atoms with Crippen LogP contribution in [0.2, 0.25) is 0 Å². The Morgan fingerprint density at radius 2 is 1.50 bits per heavy atom. The van der Waals surface area contributed by atoms with Crippen LogP contribution >= 0.6 is 0 Å². The second-order valence-corrected chi connectivity index (χ2v) is 14.1. The molecule has 0 saturated heterocycles. The average Bonchev–Trinajstić information content (AvgIpc) is 3.09. The number of esters is 2. The van der Waals surface area contributed by atoms with Crippen molar-refractivity contribution in [1.29, 1.82) is 0 Å². The van der Waals surface area contributed by atoms with E-state index in [1.165, 1.54) is 38.1 Å². The molecule has 52 heavy (non-hydrogen) atoms. The van der Waals surface area contributed by atoms with Crippen molar-refractivity contribution in [3.63, 3.8) is 0 Å². The maximum atomic E-state index is 13.3. The molecule has 0 radical (unpaired) electrons. The Morgan fingerprint density at radius 1 is 0.865 bits per heavy atom. The van der Waals surface area contributed by atoms with Crippen molar-refractivity contribution in [1.82, 2.24) is 10.6 Å². The van der Waals surface area contributed by atoms with Crippen molar-refractivity contribution >= 4 is 50.1 Å². The Hall–Kier alpha value is -4.67. The van der Waals surface area contributed by atoms with Crippen LogP contribution in [-0.2, 0) is 74.2 Å². The van der Waals surface area contributed by atoms with Crippen LogP contribution in [0.15, 0.2) is 54.6 Å². The minimum absolute atomic E-state index is 0.0265. The number of hydrogen-bond acceptors (Lipinski definition) is 16. The van der Waals surface area contributed by atoms with Gasteiger partial charge in [-0.25, -0.2) is 9.59 Å². The molecule has 0 spiro atoms. The van der Waals surface area contributed by atoms with Gasteiger partial charge in [0.05, 0.1) is 31.5 Å². The highest BCUT2D eigenvalue weighted by Gasteiger charge is 2.35. The standard InChI is InChI=1S/C31H40N2O17S2/c1-5-45-30(28(32-21(3)34)23-11-13-24(14-12-23)48-26(36)16-18-52(42,43)44-4)50-49-29(37)27(20(2)47-25(35)15-17-51(39,40)41)33-31(38)46-19-22-9-7-6-8-10-22/h6-14,20,27-28,30H,5,15-19H2,1-4H3,(H,32,34)(H,33,38)(H,39,40,41). The maximum absolute atomic E-state index is 13.3. The molecule has 2 rings (SSSR count). The zero-order valence-electron chi connectivity index (χ0n) is 28.5. The first-order valence-electron chi connectivity index (χ1n) is 15.4. The fourth-order valence-corrected chi connectivity index (χ4v) is 5.05. The van der Waals surface area contributed by atoms with Gasteiger partial charge in [0, 0.05) is 13.5 Å². The van der Waals surface area contributed by atoms with Crippen LogP contribution in [0.5, 0.6) is 5.75 Å². The highest BCUT2D eigenvalue weighted by Crippen LogP contribution is 2.24. The van der Waals surface area contributed by atoms with Crippen molar-refractivity contribution in [2.75, 3.05) is 25.2 Å². The van der Waals surface area contributed by atoms with E-state index in [1.54, 1.807) is 37.3 Å². The van der Waals surface area contributed by atoms with E-state index in [9.17, 15) is 40.8 Å². The number of alkyl carbamates (subject to hydrolysis) is 1. The summed E-state index contributed by atoms with van der Waals surface area (Å²) >= 11 is 0. The summed E-state index contributed by atoms with van der Waals surface area (Å²) < 4.78 is 79.2. The Labute approximate surface area is 300 Å². The third-order valence-corrected chi connectivity index (χ3v) is 8.49. The molecular formula is C31H40N2O17S2. The summed E-state index contributed by atoms with van der Waals surface area (Å²) in [5.41, 5.74) is 0.906. The molecule has 0 bridgehead atoms. The van der Waals surface area contributed by atoms with Crippen LogP contribution in [0, 0.1) is 0 Å². The second-order valence-electron chi connectivity index (χ2n) is 10.6. The first-order chi connectivity index (χ1) is 24.4. The van der Waals surface area contributed by atoms with E-state index < -0.39 is 99.0 Å². The molecule has 21 heteroatoms. The molecule has 0 saturated carbocycles. The van der Waals surface area contributed by atoms with Crippen molar-refractivity contribution < 1.29 is 78.3 Å². The van der Waals surface area contributed by atoms with Crippen molar-refractivity contribution in [2.45, 2.75) is 64.7 Å². The number of carbonyl (C=O) groups is 5. The molecule has 0 fully saturated rings. The summed E-state index contributed by atoms with van der Waals surface area (Å²) in [6.07, 6.45) is -5.44. The van der Waals surface area contributed by atoms with Gasteiger partial charge in [-0.05, 0) is 37.1 Å². The molecular weight excluding hydrogens is 736 g/mol. The van der Waals surface area contributed by atoms with Crippen LogP contribution in [0.4, 0.5) is 4.79 Å². The Morgan fingerprint density at radius 3 is 2.08 bits per heavy atom. The fourth-order valence-electron chi connectivity index (χ4n) is 4.04. The predicted octanol–water partition coefficient (Wildman–Crippen LogP) is 1.48. The Bertz CT molecular complexity index is 1720. The summed E-state index contributed by atoms with van der Waals surface area (Å²) in [7, 11) is -7.44. The maximum Gasteiger partial charge on any atom is 0.408 e. The molecule has 2 aromatic carbocycles. The summed E-state index contributed by atoms with van der Waals surface area (Å²) in [6.45, 7) is 3.70. The van der Waals surface area contributed by atoms with E-state index >= 15 is 0 Å². The molecule has 0 aliphatic heterocycles. The molecule has 3 N–H and O–H groups in total. The molecule has 2 amide bonds. The summed E-state index contributed by atoms with van der Waals surface area (Å²) in [5, 5.41) is 4.78. The largest absolute Gasteiger partial charge is 0.460 e. The van der Waals surface area contributed by atoms with Gasteiger partial charge >= 0.3 is 24.0 Å². The van der Waals surface area contributed by atoms with E-state index in [4.69, 9.17) is 33.3 Å². The van der Waals surface area contributed by atoms with E-state index in [1.807, 2.05) is 0 Å². The SMILES string of the molecule is CCOC(OOC(=O)C(NC(=O)OCc1ccccc1)C(C)OC(=O)CCS(=O)(=O)O)C(NC(C)=O)c1ccc(OC(=O)CCS(=O)(=O)OC)cc1. The quantitative estimate of drug-likeness (QED) is 0.0308. The van der Waals surface area contributed by atoms with Gasteiger partial charge < -0.3 is 29.6 Å². The molecule has 0 heterocycles. The lowest BCUT2D eigenvalue weighted by Gasteiger charge is -2.28. The van der Waals surface area contributed by atoms with Crippen LogP contribution in [0.3, 0.4) is 0 Å². The lowest BCUT2D eigenvalue weighted by molar-refractivity contribution is -0.359. The minimum atomic E-state index is -4.52. The first kappa shape index (κ1) is 43.5. The van der Waals surface area contributed by atoms with Crippen LogP contribution in [0.1, 0.15) is 50.8 Å². The van der Waals surface area contributed by atoms with Gasteiger partial charge in [-0.3, -0.25) is 28.0 Å². The van der Waals surface area contributed by atoms with E-state index in [-0.39, 0.29) is 19.0 Å². The Balaban J connectivity index is 2.22. The molecule has 288 valence electrons. The topological polar surface area (TPSA) is 263 Å². The molecule has 4 atom stereocenters. The minimum Gasteiger partial charge on any atom is -0.460 e.